The van der Waals surface area contributed by atoms with Gasteiger partial charge >= 0.3 is 0 Å². The number of carbonyl (C=O) groups excluding carboxylic acids is 2. The van der Waals surface area contributed by atoms with Gasteiger partial charge < -0.3 is 4.90 Å². The second kappa shape index (κ2) is 7.29. The molecule has 0 radical (unpaired) electrons. The second-order valence-electron chi connectivity index (χ2n) is 6.41. The number of halogens is 1. The van der Waals surface area contributed by atoms with Gasteiger partial charge in [0.15, 0.2) is 0 Å². The predicted molar refractivity (Wildman–Crippen MR) is 112 cm³/mol. The third kappa shape index (κ3) is 3.31. The van der Waals surface area contributed by atoms with Gasteiger partial charge in [-0.15, -0.1) is 0 Å². The molecule has 0 bridgehead atoms. The van der Waals surface area contributed by atoms with E-state index in [4.69, 9.17) is 0 Å². The number of para-hydroxylation sites is 1. The first-order valence-electron chi connectivity index (χ1n) is 8.53. The first-order chi connectivity index (χ1) is 13.1. The van der Waals surface area contributed by atoms with Crippen LogP contribution in [0.5, 0.6) is 0 Å². The summed E-state index contributed by atoms with van der Waals surface area (Å²) in [5.74, 6) is -0.193. The van der Waals surface area contributed by atoms with E-state index in [2.05, 4.69) is 15.9 Å². The third-order valence-corrected chi connectivity index (χ3v) is 5.92. The summed E-state index contributed by atoms with van der Waals surface area (Å²) in [5, 5.41) is 3.86. The molecule has 27 heavy (non-hydrogen) atoms. The number of amides is 2. The van der Waals surface area contributed by atoms with Crippen LogP contribution in [0.15, 0.2) is 69.8 Å². The first-order valence-corrected chi connectivity index (χ1v) is 10.3. The molecule has 0 aliphatic carbocycles. The summed E-state index contributed by atoms with van der Waals surface area (Å²) >= 11 is 4.94. The minimum absolute atomic E-state index is 0.0282. The van der Waals surface area contributed by atoms with Gasteiger partial charge in [0.1, 0.15) is 12.6 Å². The van der Waals surface area contributed by atoms with Crippen molar-refractivity contribution < 1.29 is 9.59 Å². The van der Waals surface area contributed by atoms with Gasteiger partial charge in [-0.2, -0.15) is 11.3 Å². The predicted octanol–water partition coefficient (Wildman–Crippen LogP) is 4.94. The minimum atomic E-state index is -0.668. The number of anilines is 2. The molecule has 136 valence electrons. The van der Waals surface area contributed by atoms with Crippen LogP contribution in [-0.4, -0.2) is 18.4 Å². The summed E-state index contributed by atoms with van der Waals surface area (Å²) < 4.78 is 0.927. The maximum absolute atomic E-state index is 13.5. The van der Waals surface area contributed by atoms with E-state index in [0.717, 1.165) is 27.0 Å². The van der Waals surface area contributed by atoms with Crippen LogP contribution >= 0.6 is 27.3 Å². The van der Waals surface area contributed by atoms with Crippen LogP contribution < -0.4 is 9.80 Å². The number of hydrogen-bond acceptors (Lipinski definition) is 3. The average Bonchev–Trinajstić information content (AvgIpc) is 3.19. The Balaban J connectivity index is 1.80. The van der Waals surface area contributed by atoms with Gasteiger partial charge in [-0.1, -0.05) is 34.1 Å². The highest BCUT2D eigenvalue weighted by Gasteiger charge is 2.42. The van der Waals surface area contributed by atoms with E-state index in [9.17, 15) is 9.59 Å². The number of carbonyl (C=O) groups is 2. The van der Waals surface area contributed by atoms with Gasteiger partial charge in [-0.05, 0) is 65.2 Å². The normalized spacial score (nSPS) is 17.5. The number of nitrogens with zero attached hydrogens (tertiary/aromatic N) is 2. The van der Waals surface area contributed by atoms with Gasteiger partial charge in [0, 0.05) is 15.8 Å². The largest absolute Gasteiger partial charge is 0.301 e. The molecule has 1 aliphatic heterocycles. The Morgan fingerprint density at radius 2 is 1.78 bits per heavy atom. The van der Waals surface area contributed by atoms with Crippen LogP contribution in [0.1, 0.15) is 17.2 Å². The molecule has 1 saturated heterocycles. The minimum Gasteiger partial charge on any atom is -0.301 e. The molecule has 4 rings (SSSR count). The van der Waals surface area contributed by atoms with Gasteiger partial charge in [0.2, 0.25) is 5.91 Å². The Morgan fingerprint density at radius 1 is 1.04 bits per heavy atom. The zero-order chi connectivity index (χ0) is 19.0. The molecule has 1 aromatic heterocycles. The van der Waals surface area contributed by atoms with E-state index in [1.54, 1.807) is 9.80 Å². The number of piperazine rings is 1. The maximum atomic E-state index is 13.5. The SMILES string of the molecule is Cc1ccccc1N1CC(=O)N(c2ccc(Br)cc2)C(c2ccsc2)C1=O. The van der Waals surface area contributed by atoms with Crippen LogP contribution in [0.2, 0.25) is 0 Å². The lowest BCUT2D eigenvalue weighted by atomic mass is 10.0. The Labute approximate surface area is 170 Å². The van der Waals surface area contributed by atoms with Crippen molar-refractivity contribution in [1.29, 1.82) is 0 Å². The third-order valence-electron chi connectivity index (χ3n) is 4.69. The number of benzene rings is 2. The fraction of sp³-hybridized carbons (Fsp3) is 0.143. The van der Waals surface area contributed by atoms with Crippen LogP contribution in [0.25, 0.3) is 0 Å². The maximum Gasteiger partial charge on any atom is 0.255 e. The van der Waals surface area contributed by atoms with Crippen LogP contribution in [-0.2, 0) is 9.59 Å². The van der Waals surface area contributed by atoms with E-state index < -0.39 is 6.04 Å². The second-order valence-corrected chi connectivity index (χ2v) is 8.11. The summed E-state index contributed by atoms with van der Waals surface area (Å²) in [7, 11) is 0. The molecule has 3 aromatic rings. The molecule has 1 atom stereocenters. The quantitative estimate of drug-likeness (QED) is 0.578. The van der Waals surface area contributed by atoms with Crippen molar-refractivity contribution in [3.63, 3.8) is 0 Å². The molecule has 0 spiro atoms. The molecule has 4 nitrogen and oxygen atoms in total. The van der Waals surface area contributed by atoms with Gasteiger partial charge in [0.25, 0.3) is 5.91 Å². The summed E-state index contributed by atoms with van der Waals surface area (Å²) in [5.41, 5.74) is 3.31. The van der Waals surface area contributed by atoms with E-state index >= 15 is 0 Å². The fourth-order valence-corrected chi connectivity index (χ4v) is 4.32. The fourth-order valence-electron chi connectivity index (χ4n) is 3.38. The molecule has 6 heteroatoms. The lowest BCUT2D eigenvalue weighted by Crippen LogP contribution is -2.56. The van der Waals surface area contributed by atoms with Crippen molar-refractivity contribution in [2.24, 2.45) is 0 Å². The zero-order valence-corrected chi connectivity index (χ0v) is 17.0. The molecule has 2 heterocycles. The highest BCUT2D eigenvalue weighted by Crippen LogP contribution is 2.36. The molecule has 1 unspecified atom stereocenters. The van der Waals surface area contributed by atoms with Gasteiger partial charge in [-0.25, -0.2) is 0 Å². The van der Waals surface area contributed by atoms with E-state index in [-0.39, 0.29) is 18.4 Å². The Bertz CT molecular complexity index is 986. The lowest BCUT2D eigenvalue weighted by Gasteiger charge is -2.40. The van der Waals surface area contributed by atoms with Crippen molar-refractivity contribution in [3.05, 3.63) is 81.0 Å². The standard InChI is InChI=1S/C21H17BrN2O2S/c1-14-4-2-3-5-18(14)23-12-19(25)24(17-8-6-16(22)7-9-17)20(21(23)26)15-10-11-27-13-15/h2-11,13,20H,12H2,1H3. The summed E-state index contributed by atoms with van der Waals surface area (Å²) in [6, 6.07) is 16.4. The van der Waals surface area contributed by atoms with Crippen molar-refractivity contribution in [2.45, 2.75) is 13.0 Å². The van der Waals surface area contributed by atoms with E-state index in [1.807, 2.05) is 72.3 Å². The summed E-state index contributed by atoms with van der Waals surface area (Å²) in [6.07, 6.45) is 0. The van der Waals surface area contributed by atoms with Crippen LogP contribution in [0.4, 0.5) is 11.4 Å². The number of rotatable bonds is 3. The highest BCUT2D eigenvalue weighted by molar-refractivity contribution is 9.10. The Hall–Kier alpha value is -2.44. The van der Waals surface area contributed by atoms with Crippen LogP contribution in [0.3, 0.4) is 0 Å². The molecule has 0 saturated carbocycles. The van der Waals surface area contributed by atoms with Crippen molar-refractivity contribution in [2.75, 3.05) is 16.3 Å². The molecule has 1 fully saturated rings. The van der Waals surface area contributed by atoms with Gasteiger partial charge in [-0.3, -0.25) is 14.5 Å². The van der Waals surface area contributed by atoms with E-state index in [0.29, 0.717) is 0 Å². The molecule has 1 aliphatic rings. The Kier molecular flexibility index (Phi) is 4.85. The lowest BCUT2D eigenvalue weighted by molar-refractivity contribution is -0.128. The van der Waals surface area contributed by atoms with Crippen molar-refractivity contribution >= 4 is 50.5 Å². The van der Waals surface area contributed by atoms with E-state index in [1.165, 1.54) is 11.3 Å². The summed E-state index contributed by atoms with van der Waals surface area (Å²) in [6.45, 7) is 1.98. The monoisotopic (exact) mass is 440 g/mol. The zero-order valence-electron chi connectivity index (χ0n) is 14.6. The summed E-state index contributed by atoms with van der Waals surface area (Å²) in [4.78, 5) is 29.9. The van der Waals surface area contributed by atoms with Gasteiger partial charge in [0.05, 0.1) is 0 Å². The average molecular weight is 441 g/mol. The van der Waals surface area contributed by atoms with Crippen molar-refractivity contribution in [3.8, 4) is 0 Å². The number of hydrogen-bond donors (Lipinski definition) is 0. The molecular formula is C21H17BrN2O2S. The molecular weight excluding hydrogens is 424 g/mol. The molecule has 2 aromatic carbocycles. The molecule has 2 amide bonds. The topological polar surface area (TPSA) is 40.6 Å². The highest BCUT2D eigenvalue weighted by atomic mass is 79.9. The smallest absolute Gasteiger partial charge is 0.255 e. The van der Waals surface area contributed by atoms with Crippen LogP contribution in [0, 0.1) is 6.92 Å². The molecule has 0 N–H and O–H groups in total. The Morgan fingerprint density at radius 3 is 2.44 bits per heavy atom. The van der Waals surface area contributed by atoms with Crippen molar-refractivity contribution in [1.82, 2.24) is 0 Å². The first kappa shape index (κ1) is 17.9. The number of aryl methyl sites for hydroxylation is 1. The number of thiophene rings is 1.